The number of carboxylic acids is 1. The van der Waals surface area contributed by atoms with Crippen molar-refractivity contribution in [2.75, 3.05) is 13.2 Å². The number of hydrogen-bond donors (Lipinski definition) is 1. The summed E-state index contributed by atoms with van der Waals surface area (Å²) >= 11 is 0. The molecule has 0 saturated carbocycles. The van der Waals surface area contributed by atoms with Crippen LogP contribution in [0.4, 0.5) is 4.39 Å². The molecular weight excluding hydrogens is 249 g/mol. The summed E-state index contributed by atoms with van der Waals surface area (Å²) in [6.07, 6.45) is 0.113. The summed E-state index contributed by atoms with van der Waals surface area (Å²) in [6.45, 7) is 5.73. The normalized spacial score (nSPS) is 24.4. The maximum Gasteiger partial charge on any atom is 0.335 e. The Morgan fingerprint density at radius 1 is 1.53 bits per heavy atom. The fraction of sp³-hybridized carbons (Fsp3) is 0.500. The molecule has 1 aromatic rings. The first-order valence-corrected chi connectivity index (χ1v) is 6.34. The molecule has 2 rings (SSSR count). The van der Waals surface area contributed by atoms with Crippen LogP contribution in [0.1, 0.15) is 29.8 Å². The van der Waals surface area contributed by atoms with E-state index in [1.807, 2.05) is 13.8 Å². The Labute approximate surface area is 111 Å². The van der Waals surface area contributed by atoms with E-state index in [1.165, 1.54) is 18.2 Å². The lowest BCUT2D eigenvalue weighted by Gasteiger charge is -2.36. The molecule has 1 saturated heterocycles. The predicted octanol–water partition coefficient (Wildman–Crippen LogP) is 2.13. The largest absolute Gasteiger partial charge is 0.478 e. The first kappa shape index (κ1) is 14.0. The lowest BCUT2D eigenvalue weighted by atomic mass is 10.1. The molecule has 5 heteroatoms. The van der Waals surface area contributed by atoms with E-state index >= 15 is 0 Å². The summed E-state index contributed by atoms with van der Waals surface area (Å²) in [7, 11) is 0. The Morgan fingerprint density at radius 2 is 2.26 bits per heavy atom. The summed E-state index contributed by atoms with van der Waals surface area (Å²) in [5.74, 6) is -1.40. The van der Waals surface area contributed by atoms with E-state index in [1.54, 1.807) is 0 Å². The smallest absolute Gasteiger partial charge is 0.335 e. The van der Waals surface area contributed by atoms with E-state index in [0.29, 0.717) is 18.7 Å². The zero-order valence-electron chi connectivity index (χ0n) is 11.1. The second kappa shape index (κ2) is 5.67. The van der Waals surface area contributed by atoms with Crippen LogP contribution in [-0.4, -0.2) is 41.3 Å². The summed E-state index contributed by atoms with van der Waals surface area (Å²) in [4.78, 5) is 13.0. The first-order chi connectivity index (χ1) is 8.97. The van der Waals surface area contributed by atoms with Crippen molar-refractivity contribution in [3.05, 3.63) is 35.1 Å². The SMILES string of the molecule is CC1CN(Cc2cc(C(=O)O)ccc2F)C(C)CO1. The van der Waals surface area contributed by atoms with Crippen LogP contribution in [0.3, 0.4) is 0 Å². The topological polar surface area (TPSA) is 49.8 Å². The van der Waals surface area contributed by atoms with Crippen LogP contribution < -0.4 is 0 Å². The Bertz CT molecular complexity index is 478. The number of halogens is 1. The standard InChI is InChI=1S/C14H18FNO3/c1-9-8-19-10(2)6-16(9)7-12-5-11(14(17)18)3-4-13(12)15/h3-5,9-10H,6-8H2,1-2H3,(H,17,18). The maximum absolute atomic E-state index is 13.8. The summed E-state index contributed by atoms with van der Waals surface area (Å²) in [5, 5.41) is 8.94. The molecule has 0 aliphatic carbocycles. The average Bonchev–Trinajstić information content (AvgIpc) is 2.36. The Hall–Kier alpha value is -1.46. The number of benzene rings is 1. The van der Waals surface area contributed by atoms with Gasteiger partial charge in [0.1, 0.15) is 5.82 Å². The molecule has 0 radical (unpaired) electrons. The van der Waals surface area contributed by atoms with Crippen molar-refractivity contribution in [1.82, 2.24) is 4.90 Å². The molecule has 0 aromatic heterocycles. The quantitative estimate of drug-likeness (QED) is 0.911. The van der Waals surface area contributed by atoms with Gasteiger partial charge in [-0.15, -0.1) is 0 Å². The zero-order chi connectivity index (χ0) is 14.0. The number of nitrogens with zero attached hydrogens (tertiary/aromatic N) is 1. The van der Waals surface area contributed by atoms with Crippen molar-refractivity contribution in [3.8, 4) is 0 Å². The lowest BCUT2D eigenvalue weighted by molar-refractivity contribution is -0.0529. The van der Waals surface area contributed by atoms with Gasteiger partial charge in [-0.05, 0) is 32.0 Å². The molecule has 0 bridgehead atoms. The molecule has 2 atom stereocenters. The maximum atomic E-state index is 13.8. The number of aromatic carboxylic acids is 1. The fourth-order valence-electron chi connectivity index (χ4n) is 2.24. The van der Waals surface area contributed by atoms with Gasteiger partial charge in [0.25, 0.3) is 0 Å². The fourth-order valence-corrected chi connectivity index (χ4v) is 2.24. The Kier molecular flexibility index (Phi) is 4.17. The van der Waals surface area contributed by atoms with Crippen LogP contribution in [-0.2, 0) is 11.3 Å². The number of carboxylic acid groups (broad SMARTS) is 1. The molecule has 1 aliphatic heterocycles. The molecule has 1 N–H and O–H groups in total. The number of morpholine rings is 1. The minimum atomic E-state index is -1.04. The molecule has 4 nitrogen and oxygen atoms in total. The predicted molar refractivity (Wildman–Crippen MR) is 68.6 cm³/mol. The van der Waals surface area contributed by atoms with Gasteiger partial charge in [-0.1, -0.05) is 0 Å². The second-order valence-corrected chi connectivity index (χ2v) is 5.03. The van der Waals surface area contributed by atoms with Crippen molar-refractivity contribution in [3.63, 3.8) is 0 Å². The lowest BCUT2D eigenvalue weighted by Crippen LogP contribution is -2.46. The highest BCUT2D eigenvalue weighted by atomic mass is 19.1. The molecule has 0 spiro atoms. The van der Waals surface area contributed by atoms with Crippen LogP contribution >= 0.6 is 0 Å². The van der Waals surface area contributed by atoms with Gasteiger partial charge in [0, 0.05) is 24.7 Å². The minimum absolute atomic E-state index is 0.113. The van der Waals surface area contributed by atoms with Gasteiger partial charge in [-0.3, -0.25) is 4.90 Å². The number of hydrogen-bond acceptors (Lipinski definition) is 3. The van der Waals surface area contributed by atoms with Crippen molar-refractivity contribution < 1.29 is 19.0 Å². The van der Waals surface area contributed by atoms with Crippen LogP contribution in [0.2, 0.25) is 0 Å². The zero-order valence-corrected chi connectivity index (χ0v) is 11.1. The van der Waals surface area contributed by atoms with Crippen molar-refractivity contribution >= 4 is 5.97 Å². The Morgan fingerprint density at radius 3 is 2.95 bits per heavy atom. The highest BCUT2D eigenvalue weighted by Crippen LogP contribution is 2.18. The number of ether oxygens (including phenoxy) is 1. The average molecular weight is 267 g/mol. The van der Waals surface area contributed by atoms with E-state index in [2.05, 4.69) is 4.90 Å². The van der Waals surface area contributed by atoms with Gasteiger partial charge in [0.05, 0.1) is 18.3 Å². The van der Waals surface area contributed by atoms with Gasteiger partial charge in [-0.25, -0.2) is 9.18 Å². The van der Waals surface area contributed by atoms with Gasteiger partial charge < -0.3 is 9.84 Å². The summed E-state index contributed by atoms with van der Waals surface area (Å²) in [5.41, 5.74) is 0.534. The first-order valence-electron chi connectivity index (χ1n) is 6.34. The molecular formula is C14H18FNO3. The third-order valence-electron chi connectivity index (χ3n) is 3.40. The number of rotatable bonds is 3. The second-order valence-electron chi connectivity index (χ2n) is 5.03. The molecule has 1 aliphatic rings. The summed E-state index contributed by atoms with van der Waals surface area (Å²) in [6, 6.07) is 4.11. The van der Waals surface area contributed by atoms with E-state index in [9.17, 15) is 9.18 Å². The van der Waals surface area contributed by atoms with E-state index in [4.69, 9.17) is 9.84 Å². The molecule has 2 unspecified atom stereocenters. The highest BCUT2D eigenvalue weighted by molar-refractivity contribution is 5.87. The van der Waals surface area contributed by atoms with Crippen LogP contribution in [0.5, 0.6) is 0 Å². The molecule has 19 heavy (non-hydrogen) atoms. The highest BCUT2D eigenvalue weighted by Gasteiger charge is 2.24. The molecule has 1 heterocycles. The third-order valence-corrected chi connectivity index (χ3v) is 3.40. The minimum Gasteiger partial charge on any atom is -0.478 e. The number of carbonyl (C=O) groups is 1. The Balaban J connectivity index is 2.17. The monoisotopic (exact) mass is 267 g/mol. The van der Waals surface area contributed by atoms with Crippen LogP contribution in [0.25, 0.3) is 0 Å². The van der Waals surface area contributed by atoms with Gasteiger partial charge in [0.2, 0.25) is 0 Å². The molecule has 1 aromatic carbocycles. The van der Waals surface area contributed by atoms with Crippen LogP contribution in [0, 0.1) is 5.82 Å². The van der Waals surface area contributed by atoms with E-state index < -0.39 is 5.97 Å². The van der Waals surface area contributed by atoms with Gasteiger partial charge >= 0.3 is 5.97 Å². The molecule has 0 amide bonds. The van der Waals surface area contributed by atoms with E-state index in [-0.39, 0.29) is 23.5 Å². The third kappa shape index (κ3) is 3.30. The molecule has 104 valence electrons. The van der Waals surface area contributed by atoms with E-state index in [0.717, 1.165) is 6.54 Å². The van der Waals surface area contributed by atoms with Crippen molar-refractivity contribution in [2.24, 2.45) is 0 Å². The molecule has 1 fully saturated rings. The van der Waals surface area contributed by atoms with Gasteiger partial charge in [-0.2, -0.15) is 0 Å². The van der Waals surface area contributed by atoms with Crippen molar-refractivity contribution in [2.45, 2.75) is 32.5 Å². The summed E-state index contributed by atoms with van der Waals surface area (Å²) < 4.78 is 19.3. The van der Waals surface area contributed by atoms with Crippen LogP contribution in [0.15, 0.2) is 18.2 Å². The van der Waals surface area contributed by atoms with Gasteiger partial charge in [0.15, 0.2) is 0 Å². The van der Waals surface area contributed by atoms with Crippen molar-refractivity contribution in [1.29, 1.82) is 0 Å².